The lowest BCUT2D eigenvalue weighted by Gasteiger charge is -2.08. The van der Waals surface area contributed by atoms with E-state index in [1.807, 2.05) is 6.07 Å². The van der Waals surface area contributed by atoms with E-state index in [-0.39, 0.29) is 22.0 Å². The standard InChI is InChI=1S/C13H10N4O4S/c1-9-6-11(3-4-12(9)17(18)19)22(20,21)16-13-5-2-10(7-14)8-15-13/h2-6,8H,1H3,(H,15,16). The average molecular weight is 318 g/mol. The number of anilines is 1. The number of pyridine rings is 1. The Bertz CT molecular complexity index is 870. The fourth-order valence-corrected chi connectivity index (χ4v) is 2.81. The zero-order chi connectivity index (χ0) is 16.3. The van der Waals surface area contributed by atoms with Gasteiger partial charge in [-0.05, 0) is 31.2 Å². The van der Waals surface area contributed by atoms with Crippen molar-refractivity contribution in [1.29, 1.82) is 5.26 Å². The van der Waals surface area contributed by atoms with E-state index < -0.39 is 14.9 Å². The number of nitrogens with zero attached hydrogens (tertiary/aromatic N) is 3. The van der Waals surface area contributed by atoms with E-state index in [0.717, 1.165) is 12.1 Å². The number of benzene rings is 1. The Morgan fingerprint density at radius 1 is 1.32 bits per heavy atom. The molecule has 112 valence electrons. The van der Waals surface area contributed by atoms with Crippen molar-refractivity contribution in [3.05, 3.63) is 57.8 Å². The molecule has 2 aromatic rings. The van der Waals surface area contributed by atoms with Gasteiger partial charge in [-0.3, -0.25) is 14.8 Å². The largest absolute Gasteiger partial charge is 0.272 e. The van der Waals surface area contributed by atoms with Crippen LogP contribution in [-0.4, -0.2) is 18.3 Å². The van der Waals surface area contributed by atoms with Gasteiger partial charge in [-0.2, -0.15) is 5.26 Å². The first-order valence-electron chi connectivity index (χ1n) is 5.97. The fourth-order valence-electron chi connectivity index (χ4n) is 1.72. The Kier molecular flexibility index (Phi) is 4.05. The van der Waals surface area contributed by atoms with Gasteiger partial charge in [0.05, 0.1) is 15.4 Å². The molecule has 0 aliphatic heterocycles. The second-order valence-corrected chi connectivity index (χ2v) is 6.04. The van der Waals surface area contributed by atoms with Crippen LogP contribution in [0, 0.1) is 28.4 Å². The van der Waals surface area contributed by atoms with Crippen molar-refractivity contribution in [1.82, 2.24) is 4.98 Å². The monoisotopic (exact) mass is 318 g/mol. The SMILES string of the molecule is Cc1cc(S(=O)(=O)Nc2ccc(C#N)cn2)ccc1[N+](=O)[O-]. The Morgan fingerprint density at radius 3 is 2.55 bits per heavy atom. The summed E-state index contributed by atoms with van der Waals surface area (Å²) in [6.45, 7) is 1.46. The summed E-state index contributed by atoms with van der Waals surface area (Å²) >= 11 is 0. The molecule has 1 heterocycles. The van der Waals surface area contributed by atoms with Gasteiger partial charge in [0.25, 0.3) is 15.7 Å². The minimum atomic E-state index is -3.92. The molecule has 0 aliphatic rings. The predicted molar refractivity (Wildman–Crippen MR) is 77.6 cm³/mol. The van der Waals surface area contributed by atoms with E-state index in [0.29, 0.717) is 5.56 Å². The summed E-state index contributed by atoms with van der Waals surface area (Å²) in [5, 5.41) is 19.4. The molecule has 2 rings (SSSR count). The highest BCUT2D eigenvalue weighted by Gasteiger charge is 2.19. The molecule has 0 atom stereocenters. The van der Waals surface area contributed by atoms with Crippen molar-refractivity contribution >= 4 is 21.5 Å². The Balaban J connectivity index is 2.32. The second kappa shape index (κ2) is 5.79. The minimum Gasteiger partial charge on any atom is -0.263 e. The number of aryl methyl sites for hydroxylation is 1. The molecule has 9 heteroatoms. The number of sulfonamides is 1. The summed E-state index contributed by atoms with van der Waals surface area (Å²) in [6.07, 6.45) is 1.24. The molecule has 0 bridgehead atoms. The number of nitriles is 1. The second-order valence-electron chi connectivity index (χ2n) is 4.35. The van der Waals surface area contributed by atoms with Crippen molar-refractivity contribution in [2.75, 3.05) is 4.72 Å². The zero-order valence-corrected chi connectivity index (χ0v) is 12.2. The number of hydrogen-bond donors (Lipinski definition) is 1. The lowest BCUT2D eigenvalue weighted by molar-refractivity contribution is -0.385. The van der Waals surface area contributed by atoms with Crippen LogP contribution in [0.4, 0.5) is 11.5 Å². The molecule has 8 nitrogen and oxygen atoms in total. The molecule has 1 aromatic heterocycles. The summed E-state index contributed by atoms with van der Waals surface area (Å²) < 4.78 is 26.7. The third kappa shape index (κ3) is 3.18. The van der Waals surface area contributed by atoms with Gasteiger partial charge in [0.1, 0.15) is 11.9 Å². The first-order chi connectivity index (χ1) is 10.3. The molecule has 0 saturated heterocycles. The van der Waals surface area contributed by atoms with Crippen LogP contribution in [0.5, 0.6) is 0 Å². The number of aromatic nitrogens is 1. The van der Waals surface area contributed by atoms with Gasteiger partial charge in [0, 0.05) is 17.8 Å². The zero-order valence-electron chi connectivity index (χ0n) is 11.3. The Hall–Kier alpha value is -2.99. The van der Waals surface area contributed by atoms with Crippen molar-refractivity contribution < 1.29 is 13.3 Å². The summed E-state index contributed by atoms with van der Waals surface area (Å²) in [7, 11) is -3.92. The van der Waals surface area contributed by atoms with E-state index in [1.54, 1.807) is 0 Å². The van der Waals surface area contributed by atoms with Gasteiger partial charge >= 0.3 is 0 Å². The topological polar surface area (TPSA) is 126 Å². The summed E-state index contributed by atoms with van der Waals surface area (Å²) in [5.41, 5.74) is 0.380. The molecular weight excluding hydrogens is 308 g/mol. The van der Waals surface area contributed by atoms with Crippen molar-refractivity contribution in [2.24, 2.45) is 0 Å². The van der Waals surface area contributed by atoms with Gasteiger partial charge < -0.3 is 0 Å². The van der Waals surface area contributed by atoms with Crippen LogP contribution >= 0.6 is 0 Å². The molecule has 0 radical (unpaired) electrons. The molecule has 1 aromatic carbocycles. The Morgan fingerprint density at radius 2 is 2.05 bits per heavy atom. The lowest BCUT2D eigenvalue weighted by Crippen LogP contribution is -2.14. The average Bonchev–Trinajstić information content (AvgIpc) is 2.47. The summed E-state index contributed by atoms with van der Waals surface area (Å²) in [4.78, 5) is 13.9. The number of nitrogens with one attached hydrogen (secondary N) is 1. The van der Waals surface area contributed by atoms with Crippen LogP contribution in [0.2, 0.25) is 0 Å². The van der Waals surface area contributed by atoms with Crippen molar-refractivity contribution in [3.8, 4) is 6.07 Å². The highest BCUT2D eigenvalue weighted by molar-refractivity contribution is 7.92. The molecule has 22 heavy (non-hydrogen) atoms. The lowest BCUT2D eigenvalue weighted by atomic mass is 10.2. The molecule has 0 unspecified atom stereocenters. The molecule has 0 spiro atoms. The van der Waals surface area contributed by atoms with Crippen molar-refractivity contribution in [3.63, 3.8) is 0 Å². The van der Waals surface area contributed by atoms with Crippen LogP contribution in [0.1, 0.15) is 11.1 Å². The smallest absolute Gasteiger partial charge is 0.263 e. The number of nitro benzene ring substituents is 1. The van der Waals surface area contributed by atoms with E-state index in [4.69, 9.17) is 5.26 Å². The molecule has 0 amide bonds. The maximum atomic E-state index is 12.2. The predicted octanol–water partition coefficient (Wildman–Crippen LogP) is 1.97. The van der Waals surface area contributed by atoms with Gasteiger partial charge in [-0.15, -0.1) is 0 Å². The molecular formula is C13H10N4O4S. The van der Waals surface area contributed by atoms with Gasteiger partial charge in [-0.25, -0.2) is 13.4 Å². The van der Waals surface area contributed by atoms with E-state index in [1.165, 1.54) is 31.3 Å². The molecule has 1 N–H and O–H groups in total. The van der Waals surface area contributed by atoms with Crippen molar-refractivity contribution in [2.45, 2.75) is 11.8 Å². The van der Waals surface area contributed by atoms with Crippen LogP contribution in [0.25, 0.3) is 0 Å². The van der Waals surface area contributed by atoms with Crippen LogP contribution in [0.15, 0.2) is 41.4 Å². The molecule has 0 saturated carbocycles. The molecule has 0 aliphatic carbocycles. The number of nitro groups is 1. The van der Waals surface area contributed by atoms with E-state index in [2.05, 4.69) is 9.71 Å². The third-order valence-corrected chi connectivity index (χ3v) is 4.16. The van der Waals surface area contributed by atoms with E-state index >= 15 is 0 Å². The van der Waals surface area contributed by atoms with E-state index in [9.17, 15) is 18.5 Å². The maximum Gasteiger partial charge on any atom is 0.272 e. The third-order valence-electron chi connectivity index (χ3n) is 2.81. The van der Waals surface area contributed by atoms with Crippen LogP contribution < -0.4 is 4.72 Å². The van der Waals surface area contributed by atoms with Crippen LogP contribution in [0.3, 0.4) is 0 Å². The summed E-state index contributed by atoms with van der Waals surface area (Å²) in [5.74, 6) is 0.0509. The Labute approximate surface area is 126 Å². The number of rotatable bonds is 4. The highest BCUT2D eigenvalue weighted by Crippen LogP contribution is 2.22. The highest BCUT2D eigenvalue weighted by atomic mass is 32.2. The quantitative estimate of drug-likeness (QED) is 0.678. The number of hydrogen-bond acceptors (Lipinski definition) is 6. The molecule has 0 fully saturated rings. The van der Waals surface area contributed by atoms with Gasteiger partial charge in [0.15, 0.2) is 0 Å². The van der Waals surface area contributed by atoms with Gasteiger partial charge in [0.2, 0.25) is 0 Å². The first kappa shape index (κ1) is 15.4. The van der Waals surface area contributed by atoms with Crippen LogP contribution in [-0.2, 0) is 10.0 Å². The summed E-state index contributed by atoms with van der Waals surface area (Å²) in [6, 6.07) is 8.14. The van der Waals surface area contributed by atoms with Gasteiger partial charge in [-0.1, -0.05) is 0 Å². The maximum absolute atomic E-state index is 12.2. The fraction of sp³-hybridized carbons (Fsp3) is 0.0769. The normalized spacial score (nSPS) is 10.7. The minimum absolute atomic E-state index is 0.0509. The first-order valence-corrected chi connectivity index (χ1v) is 7.46.